The zero-order valence-corrected chi connectivity index (χ0v) is 10.6. The lowest BCUT2D eigenvalue weighted by molar-refractivity contribution is -0.156. The van der Waals surface area contributed by atoms with Crippen LogP contribution in [-0.4, -0.2) is 12.2 Å². The van der Waals surface area contributed by atoms with Crippen LogP contribution in [0.1, 0.15) is 77.0 Å². The highest BCUT2D eigenvalue weighted by molar-refractivity contribution is 4.94. The van der Waals surface area contributed by atoms with Gasteiger partial charge in [0.2, 0.25) is 0 Å². The zero-order valence-electron chi connectivity index (χ0n) is 10.6. The molecule has 2 saturated carbocycles. The molecule has 92 valence electrons. The molecule has 0 unspecified atom stereocenters. The molecule has 0 aromatic rings. The maximum absolute atomic E-state index is 6.40. The first-order valence-electron chi connectivity index (χ1n) is 7.47. The van der Waals surface area contributed by atoms with Gasteiger partial charge in [-0.15, -0.1) is 0 Å². The van der Waals surface area contributed by atoms with E-state index in [0.29, 0.717) is 11.0 Å². The molecule has 0 atom stereocenters. The second-order valence-electron chi connectivity index (χ2n) is 6.59. The third-order valence-corrected chi connectivity index (χ3v) is 5.47. The van der Waals surface area contributed by atoms with Gasteiger partial charge in [-0.2, -0.15) is 0 Å². The van der Waals surface area contributed by atoms with Crippen LogP contribution in [-0.2, 0) is 4.74 Å². The quantitative estimate of drug-likeness (QED) is 0.588. The summed E-state index contributed by atoms with van der Waals surface area (Å²) in [6, 6.07) is 0. The van der Waals surface area contributed by atoms with Crippen LogP contribution in [0.3, 0.4) is 0 Å². The Kier molecular flexibility index (Phi) is 2.99. The molecule has 3 aliphatic rings. The highest BCUT2D eigenvalue weighted by Crippen LogP contribution is 2.49. The van der Waals surface area contributed by atoms with Crippen molar-refractivity contribution in [2.75, 3.05) is 6.61 Å². The molecule has 3 fully saturated rings. The zero-order chi connectivity index (χ0) is 10.9. The summed E-state index contributed by atoms with van der Waals surface area (Å²) < 4.78 is 6.40. The fourth-order valence-electron chi connectivity index (χ4n) is 4.23. The monoisotopic (exact) mass is 222 g/mol. The Labute approximate surface area is 99.9 Å². The van der Waals surface area contributed by atoms with Gasteiger partial charge in [0, 0.05) is 0 Å². The van der Waals surface area contributed by atoms with Crippen LogP contribution >= 0.6 is 0 Å². The summed E-state index contributed by atoms with van der Waals surface area (Å²) in [6.07, 6.45) is 17.1. The molecule has 0 aromatic heterocycles. The predicted octanol–water partition coefficient (Wildman–Crippen LogP) is 4.45. The topological polar surface area (TPSA) is 9.23 Å². The van der Waals surface area contributed by atoms with Gasteiger partial charge in [0.15, 0.2) is 0 Å². The van der Waals surface area contributed by atoms with Crippen LogP contribution in [0.2, 0.25) is 0 Å². The fraction of sp³-hybridized carbons (Fsp3) is 1.00. The summed E-state index contributed by atoms with van der Waals surface area (Å²) in [5.41, 5.74) is 0.946. The summed E-state index contributed by atoms with van der Waals surface area (Å²) in [4.78, 5) is 0. The molecule has 1 heterocycles. The Morgan fingerprint density at radius 2 is 1.19 bits per heavy atom. The molecule has 2 aliphatic carbocycles. The Morgan fingerprint density at radius 3 is 1.75 bits per heavy atom. The van der Waals surface area contributed by atoms with Gasteiger partial charge < -0.3 is 4.74 Å². The lowest BCUT2D eigenvalue weighted by atomic mass is 9.66. The Balaban J connectivity index is 1.61. The SMILES string of the molecule is C1CCC2(CC1)CCC1(CCCCC1)OC2. The van der Waals surface area contributed by atoms with Crippen LogP contribution in [0.25, 0.3) is 0 Å². The minimum absolute atomic E-state index is 0.334. The fourth-order valence-corrected chi connectivity index (χ4v) is 4.23. The van der Waals surface area contributed by atoms with E-state index in [1.807, 2.05) is 0 Å². The Morgan fingerprint density at radius 1 is 0.562 bits per heavy atom. The average molecular weight is 222 g/mol. The van der Waals surface area contributed by atoms with E-state index in [0.717, 1.165) is 6.61 Å². The molecule has 16 heavy (non-hydrogen) atoms. The van der Waals surface area contributed by atoms with Crippen molar-refractivity contribution in [3.05, 3.63) is 0 Å². The van der Waals surface area contributed by atoms with Crippen LogP contribution in [0.5, 0.6) is 0 Å². The van der Waals surface area contributed by atoms with Gasteiger partial charge in [0.05, 0.1) is 12.2 Å². The molecule has 0 aromatic carbocycles. The second kappa shape index (κ2) is 4.33. The van der Waals surface area contributed by atoms with Gasteiger partial charge in [0.25, 0.3) is 0 Å². The van der Waals surface area contributed by atoms with E-state index in [-0.39, 0.29) is 0 Å². The predicted molar refractivity (Wildman–Crippen MR) is 66.5 cm³/mol. The molecule has 1 aliphatic heterocycles. The normalized spacial score (nSPS) is 33.0. The molecular weight excluding hydrogens is 196 g/mol. The molecular formula is C15H26O. The number of hydrogen-bond acceptors (Lipinski definition) is 1. The van der Waals surface area contributed by atoms with Crippen molar-refractivity contribution >= 4 is 0 Å². The lowest BCUT2D eigenvalue weighted by Gasteiger charge is -2.49. The first-order chi connectivity index (χ1) is 7.83. The van der Waals surface area contributed by atoms with Crippen molar-refractivity contribution in [3.8, 4) is 0 Å². The molecule has 2 spiro atoms. The standard InChI is InChI=1S/C15H26O/c1-3-7-14(8-4-1)11-12-15(16-13-14)9-5-2-6-10-15/h1-13H2. The van der Waals surface area contributed by atoms with E-state index >= 15 is 0 Å². The second-order valence-corrected chi connectivity index (χ2v) is 6.59. The maximum atomic E-state index is 6.40. The van der Waals surface area contributed by atoms with E-state index in [2.05, 4.69) is 0 Å². The molecule has 1 saturated heterocycles. The van der Waals surface area contributed by atoms with E-state index in [1.165, 1.54) is 77.0 Å². The molecule has 0 bridgehead atoms. The van der Waals surface area contributed by atoms with Crippen molar-refractivity contribution in [2.24, 2.45) is 5.41 Å². The first kappa shape index (κ1) is 11.1. The van der Waals surface area contributed by atoms with Gasteiger partial charge in [-0.1, -0.05) is 38.5 Å². The smallest absolute Gasteiger partial charge is 0.0683 e. The third-order valence-electron chi connectivity index (χ3n) is 5.47. The lowest BCUT2D eigenvalue weighted by Crippen LogP contribution is -2.46. The summed E-state index contributed by atoms with van der Waals surface area (Å²) in [6.45, 7) is 1.09. The van der Waals surface area contributed by atoms with E-state index in [4.69, 9.17) is 4.74 Å². The van der Waals surface area contributed by atoms with Crippen LogP contribution in [0.4, 0.5) is 0 Å². The molecule has 3 rings (SSSR count). The molecule has 1 heteroatoms. The van der Waals surface area contributed by atoms with Crippen molar-refractivity contribution in [2.45, 2.75) is 82.7 Å². The van der Waals surface area contributed by atoms with Gasteiger partial charge in [-0.05, 0) is 43.9 Å². The van der Waals surface area contributed by atoms with Crippen molar-refractivity contribution in [1.29, 1.82) is 0 Å². The van der Waals surface area contributed by atoms with Crippen LogP contribution < -0.4 is 0 Å². The maximum Gasteiger partial charge on any atom is 0.0683 e. The number of hydrogen-bond donors (Lipinski definition) is 0. The van der Waals surface area contributed by atoms with Gasteiger partial charge in [0.1, 0.15) is 0 Å². The summed E-state index contributed by atoms with van der Waals surface area (Å²) >= 11 is 0. The molecule has 1 nitrogen and oxygen atoms in total. The van der Waals surface area contributed by atoms with Crippen LogP contribution in [0, 0.1) is 5.41 Å². The van der Waals surface area contributed by atoms with Crippen LogP contribution in [0.15, 0.2) is 0 Å². The Bertz CT molecular complexity index is 196. The largest absolute Gasteiger partial charge is 0.374 e. The third kappa shape index (κ3) is 2.03. The minimum atomic E-state index is 0.334. The molecule has 0 radical (unpaired) electrons. The molecule has 0 N–H and O–H groups in total. The van der Waals surface area contributed by atoms with Gasteiger partial charge in [-0.3, -0.25) is 0 Å². The summed E-state index contributed by atoms with van der Waals surface area (Å²) in [7, 11) is 0. The van der Waals surface area contributed by atoms with Crippen molar-refractivity contribution in [3.63, 3.8) is 0 Å². The number of rotatable bonds is 0. The van der Waals surface area contributed by atoms with Gasteiger partial charge in [-0.25, -0.2) is 0 Å². The average Bonchev–Trinajstić information content (AvgIpc) is 2.36. The van der Waals surface area contributed by atoms with E-state index in [1.54, 1.807) is 0 Å². The highest BCUT2D eigenvalue weighted by Gasteiger charge is 2.44. The van der Waals surface area contributed by atoms with Gasteiger partial charge >= 0.3 is 0 Å². The minimum Gasteiger partial charge on any atom is -0.374 e. The number of ether oxygens (including phenoxy) is 1. The summed E-state index contributed by atoms with van der Waals surface area (Å²) in [5.74, 6) is 0. The Hall–Kier alpha value is -0.0400. The molecule has 0 amide bonds. The first-order valence-corrected chi connectivity index (χ1v) is 7.47. The van der Waals surface area contributed by atoms with E-state index in [9.17, 15) is 0 Å². The van der Waals surface area contributed by atoms with E-state index < -0.39 is 0 Å². The van der Waals surface area contributed by atoms with Crippen molar-refractivity contribution < 1.29 is 4.74 Å². The van der Waals surface area contributed by atoms with Crippen molar-refractivity contribution in [1.82, 2.24) is 0 Å². The summed E-state index contributed by atoms with van der Waals surface area (Å²) in [5, 5.41) is 0. The highest BCUT2D eigenvalue weighted by atomic mass is 16.5.